The van der Waals surface area contributed by atoms with Crippen LogP contribution in [0.5, 0.6) is 0 Å². The van der Waals surface area contributed by atoms with Crippen LogP contribution in [0.1, 0.15) is 11.3 Å². The molecule has 0 aliphatic carbocycles. The van der Waals surface area contributed by atoms with Crippen LogP contribution >= 0.6 is 11.8 Å². The lowest BCUT2D eigenvalue weighted by Gasteiger charge is -2.05. The Labute approximate surface area is 142 Å². The molecular weight excluding hydrogens is 331 g/mol. The molecule has 0 saturated heterocycles. The second kappa shape index (κ2) is 7.00. The van der Waals surface area contributed by atoms with Crippen molar-refractivity contribution in [1.29, 1.82) is 0 Å². The highest BCUT2D eigenvalue weighted by molar-refractivity contribution is 7.99. The van der Waals surface area contributed by atoms with E-state index in [1.54, 1.807) is 13.1 Å². The van der Waals surface area contributed by atoms with Crippen LogP contribution < -0.4 is 5.32 Å². The zero-order valence-electron chi connectivity index (χ0n) is 13.3. The van der Waals surface area contributed by atoms with E-state index in [0.29, 0.717) is 23.6 Å². The maximum absolute atomic E-state index is 13.8. The molecule has 7 nitrogen and oxygen atoms in total. The minimum Gasteiger partial charge on any atom is -0.356 e. The van der Waals surface area contributed by atoms with Crippen molar-refractivity contribution in [3.8, 4) is 0 Å². The van der Waals surface area contributed by atoms with Crippen LogP contribution in [0.3, 0.4) is 0 Å². The predicted molar refractivity (Wildman–Crippen MR) is 89.2 cm³/mol. The maximum atomic E-state index is 13.8. The average molecular weight is 348 g/mol. The number of amides is 1. The molecule has 0 fully saturated rings. The standard InChI is InChI=1S/C15H17FN6OS/c1-9-10(11-4-3-5-12(16)14(11)18-9)6-7-17-13(23)8-24-15-19-20-21-22(15)2/h3-5,18H,6-8H2,1-2H3,(H,17,23). The number of halogens is 1. The molecule has 3 aromatic rings. The molecule has 0 atom stereocenters. The summed E-state index contributed by atoms with van der Waals surface area (Å²) < 4.78 is 15.3. The van der Waals surface area contributed by atoms with Gasteiger partial charge >= 0.3 is 0 Å². The van der Waals surface area contributed by atoms with E-state index in [2.05, 4.69) is 25.8 Å². The summed E-state index contributed by atoms with van der Waals surface area (Å²) in [4.78, 5) is 15.0. The average Bonchev–Trinajstić information content (AvgIpc) is 3.10. The number of aromatic amines is 1. The number of aryl methyl sites for hydroxylation is 2. The molecule has 0 spiro atoms. The summed E-state index contributed by atoms with van der Waals surface area (Å²) in [5.74, 6) is -0.110. The van der Waals surface area contributed by atoms with E-state index in [1.807, 2.05) is 13.0 Å². The van der Waals surface area contributed by atoms with Crippen molar-refractivity contribution in [2.75, 3.05) is 12.3 Å². The summed E-state index contributed by atoms with van der Waals surface area (Å²) >= 11 is 1.28. The molecule has 3 rings (SSSR count). The van der Waals surface area contributed by atoms with Crippen molar-refractivity contribution < 1.29 is 9.18 Å². The maximum Gasteiger partial charge on any atom is 0.230 e. The number of fused-ring (bicyclic) bond motifs is 1. The molecule has 1 amide bonds. The van der Waals surface area contributed by atoms with E-state index in [1.165, 1.54) is 22.5 Å². The zero-order chi connectivity index (χ0) is 17.1. The van der Waals surface area contributed by atoms with E-state index in [4.69, 9.17) is 0 Å². The van der Waals surface area contributed by atoms with E-state index in [9.17, 15) is 9.18 Å². The fourth-order valence-electron chi connectivity index (χ4n) is 2.54. The summed E-state index contributed by atoms with van der Waals surface area (Å²) in [6.07, 6.45) is 0.636. The number of thioether (sulfide) groups is 1. The van der Waals surface area contributed by atoms with Crippen molar-refractivity contribution in [3.05, 3.63) is 35.3 Å². The van der Waals surface area contributed by atoms with Crippen molar-refractivity contribution >= 4 is 28.6 Å². The minimum absolute atomic E-state index is 0.0910. The van der Waals surface area contributed by atoms with Crippen LogP contribution in [0.25, 0.3) is 10.9 Å². The van der Waals surface area contributed by atoms with Gasteiger partial charge in [-0.05, 0) is 35.4 Å². The molecule has 0 aliphatic rings. The van der Waals surface area contributed by atoms with Crippen LogP contribution in [0.4, 0.5) is 4.39 Å². The Bertz CT molecular complexity index is 874. The number of nitrogens with zero attached hydrogens (tertiary/aromatic N) is 4. The Morgan fingerprint density at radius 3 is 3.04 bits per heavy atom. The number of carbonyl (C=O) groups excluding carboxylic acids is 1. The Balaban J connectivity index is 1.55. The highest BCUT2D eigenvalue weighted by Gasteiger charge is 2.12. The van der Waals surface area contributed by atoms with Gasteiger partial charge in [0.05, 0.1) is 11.3 Å². The number of rotatable bonds is 6. The van der Waals surface area contributed by atoms with Crippen molar-refractivity contribution in [3.63, 3.8) is 0 Å². The first-order valence-electron chi connectivity index (χ1n) is 7.44. The molecule has 2 aromatic heterocycles. The number of para-hydroxylation sites is 1. The first kappa shape index (κ1) is 16.4. The van der Waals surface area contributed by atoms with Gasteiger partial charge in [0.1, 0.15) is 5.82 Å². The monoisotopic (exact) mass is 348 g/mol. The van der Waals surface area contributed by atoms with Gasteiger partial charge in [-0.3, -0.25) is 4.79 Å². The lowest BCUT2D eigenvalue weighted by molar-refractivity contribution is -0.118. The van der Waals surface area contributed by atoms with Gasteiger partial charge < -0.3 is 10.3 Å². The summed E-state index contributed by atoms with van der Waals surface area (Å²) in [7, 11) is 1.72. The number of H-pyrrole nitrogens is 1. The smallest absolute Gasteiger partial charge is 0.230 e. The van der Waals surface area contributed by atoms with Crippen LogP contribution in [-0.4, -0.2) is 43.4 Å². The lowest BCUT2D eigenvalue weighted by Crippen LogP contribution is -2.27. The van der Waals surface area contributed by atoms with Gasteiger partial charge in [-0.25, -0.2) is 9.07 Å². The fourth-order valence-corrected chi connectivity index (χ4v) is 3.22. The molecule has 0 radical (unpaired) electrons. The van der Waals surface area contributed by atoms with Gasteiger partial charge in [-0.2, -0.15) is 0 Å². The quantitative estimate of drug-likeness (QED) is 0.661. The second-order valence-electron chi connectivity index (χ2n) is 5.36. The number of carbonyl (C=O) groups is 1. The number of tetrazole rings is 1. The molecule has 9 heteroatoms. The van der Waals surface area contributed by atoms with Gasteiger partial charge in [-0.15, -0.1) is 5.10 Å². The zero-order valence-corrected chi connectivity index (χ0v) is 14.2. The third-order valence-electron chi connectivity index (χ3n) is 3.71. The molecule has 1 aromatic carbocycles. The van der Waals surface area contributed by atoms with Gasteiger partial charge in [-0.1, -0.05) is 23.9 Å². The Kier molecular flexibility index (Phi) is 4.79. The predicted octanol–water partition coefficient (Wildman–Crippen LogP) is 1.59. The van der Waals surface area contributed by atoms with Crippen LogP contribution in [0, 0.1) is 12.7 Å². The highest BCUT2D eigenvalue weighted by atomic mass is 32.2. The Morgan fingerprint density at radius 2 is 2.29 bits per heavy atom. The molecule has 0 aliphatic heterocycles. The summed E-state index contributed by atoms with van der Waals surface area (Å²) in [6.45, 7) is 2.40. The normalized spacial score (nSPS) is 11.1. The first-order chi connectivity index (χ1) is 11.6. The minimum atomic E-state index is -0.264. The molecule has 24 heavy (non-hydrogen) atoms. The van der Waals surface area contributed by atoms with Gasteiger partial charge in [0.2, 0.25) is 11.1 Å². The number of hydrogen-bond acceptors (Lipinski definition) is 5. The number of nitrogens with one attached hydrogen (secondary N) is 2. The van der Waals surface area contributed by atoms with Crippen LogP contribution in [0.2, 0.25) is 0 Å². The molecule has 2 heterocycles. The van der Waals surface area contributed by atoms with Gasteiger partial charge in [0.15, 0.2) is 0 Å². The Morgan fingerprint density at radius 1 is 1.46 bits per heavy atom. The molecule has 126 valence electrons. The fraction of sp³-hybridized carbons (Fsp3) is 0.333. The number of hydrogen-bond donors (Lipinski definition) is 2. The van der Waals surface area contributed by atoms with Crippen LogP contribution in [-0.2, 0) is 18.3 Å². The van der Waals surface area contributed by atoms with Crippen LogP contribution in [0.15, 0.2) is 23.4 Å². The molecule has 2 N–H and O–H groups in total. The first-order valence-corrected chi connectivity index (χ1v) is 8.42. The number of aromatic nitrogens is 5. The summed E-state index contributed by atoms with van der Waals surface area (Å²) in [5.41, 5.74) is 2.46. The Hall–Kier alpha value is -2.42. The molecule has 0 saturated carbocycles. The van der Waals surface area contributed by atoms with E-state index >= 15 is 0 Å². The topological polar surface area (TPSA) is 88.5 Å². The van der Waals surface area contributed by atoms with E-state index in [0.717, 1.165) is 16.6 Å². The van der Waals surface area contributed by atoms with E-state index in [-0.39, 0.29) is 17.5 Å². The van der Waals surface area contributed by atoms with Crippen molar-refractivity contribution in [2.45, 2.75) is 18.5 Å². The second-order valence-corrected chi connectivity index (χ2v) is 6.31. The summed E-state index contributed by atoms with van der Waals surface area (Å²) in [5, 5.41) is 15.3. The molecule has 0 unspecified atom stereocenters. The third-order valence-corrected chi connectivity index (χ3v) is 4.73. The number of benzene rings is 1. The van der Waals surface area contributed by atoms with E-state index < -0.39 is 0 Å². The third kappa shape index (κ3) is 3.40. The summed E-state index contributed by atoms with van der Waals surface area (Å²) in [6, 6.07) is 5.01. The SMILES string of the molecule is Cc1[nH]c2c(F)cccc2c1CCNC(=O)CSc1nnnn1C. The molecular formula is C15H17FN6OS. The van der Waals surface area contributed by atoms with Crippen molar-refractivity contribution in [2.24, 2.45) is 7.05 Å². The molecule has 0 bridgehead atoms. The lowest BCUT2D eigenvalue weighted by atomic mass is 10.1. The van der Waals surface area contributed by atoms with Crippen molar-refractivity contribution in [1.82, 2.24) is 30.5 Å². The largest absolute Gasteiger partial charge is 0.356 e. The highest BCUT2D eigenvalue weighted by Crippen LogP contribution is 2.24. The van der Waals surface area contributed by atoms with Gasteiger partial charge in [0, 0.05) is 24.7 Å². The van der Waals surface area contributed by atoms with Gasteiger partial charge in [0.25, 0.3) is 0 Å².